The van der Waals surface area contributed by atoms with Crippen LogP contribution in [0.4, 0.5) is 11.4 Å². The van der Waals surface area contributed by atoms with Crippen molar-refractivity contribution >= 4 is 11.4 Å². The van der Waals surface area contributed by atoms with E-state index < -0.39 is 4.92 Å². The average Bonchev–Trinajstić information content (AvgIpc) is 2.46. The molecule has 2 N–H and O–H groups in total. The molecule has 6 nitrogen and oxygen atoms in total. The first kappa shape index (κ1) is 13.7. The van der Waals surface area contributed by atoms with Crippen LogP contribution in [-0.2, 0) is 6.61 Å². The summed E-state index contributed by atoms with van der Waals surface area (Å²) in [4.78, 5) is 10.3. The standard InChI is InChI=1S/C14H14N2O4/c1-19-11-3-2-4-12(8-11)20-9-10-5-6-13(15)14(7-10)16(17)18/h2-8H,9,15H2,1H3. The molecule has 2 rings (SSSR count). The molecule has 0 saturated heterocycles. The first-order valence-corrected chi connectivity index (χ1v) is 5.90. The smallest absolute Gasteiger partial charge is 0.292 e. The van der Waals surface area contributed by atoms with Crippen molar-refractivity contribution in [3.8, 4) is 11.5 Å². The second kappa shape index (κ2) is 5.92. The van der Waals surface area contributed by atoms with Gasteiger partial charge in [-0.3, -0.25) is 10.1 Å². The summed E-state index contributed by atoms with van der Waals surface area (Å²) in [6, 6.07) is 11.8. The fourth-order valence-electron chi connectivity index (χ4n) is 1.69. The Hall–Kier alpha value is -2.76. The fourth-order valence-corrected chi connectivity index (χ4v) is 1.69. The molecule has 6 heteroatoms. The van der Waals surface area contributed by atoms with E-state index in [-0.39, 0.29) is 18.0 Å². The number of nitrogen functional groups attached to an aromatic ring is 1. The monoisotopic (exact) mass is 274 g/mol. The number of hydrogen-bond donors (Lipinski definition) is 1. The third-order valence-electron chi connectivity index (χ3n) is 2.74. The maximum absolute atomic E-state index is 10.8. The van der Waals surface area contributed by atoms with Crippen LogP contribution in [-0.4, -0.2) is 12.0 Å². The van der Waals surface area contributed by atoms with Crippen LogP contribution in [0.1, 0.15) is 5.56 Å². The molecule has 0 amide bonds. The van der Waals surface area contributed by atoms with E-state index in [1.807, 2.05) is 0 Å². The lowest BCUT2D eigenvalue weighted by molar-refractivity contribution is -0.384. The predicted octanol–water partition coefficient (Wildman–Crippen LogP) is 2.76. The highest BCUT2D eigenvalue weighted by atomic mass is 16.6. The number of hydrogen-bond acceptors (Lipinski definition) is 5. The molecule has 0 radical (unpaired) electrons. The van der Waals surface area contributed by atoms with Gasteiger partial charge in [0.05, 0.1) is 12.0 Å². The van der Waals surface area contributed by atoms with Gasteiger partial charge < -0.3 is 15.2 Å². The lowest BCUT2D eigenvalue weighted by Crippen LogP contribution is -2.00. The van der Waals surface area contributed by atoms with Gasteiger partial charge in [0.2, 0.25) is 0 Å². The Balaban J connectivity index is 2.10. The Morgan fingerprint density at radius 3 is 2.65 bits per heavy atom. The summed E-state index contributed by atoms with van der Waals surface area (Å²) in [6.45, 7) is 0.217. The van der Waals surface area contributed by atoms with Crippen LogP contribution in [0, 0.1) is 10.1 Å². The largest absolute Gasteiger partial charge is 0.497 e. The zero-order chi connectivity index (χ0) is 14.5. The molecule has 0 aliphatic carbocycles. The second-order valence-corrected chi connectivity index (χ2v) is 4.12. The Kier molecular flexibility index (Phi) is 4.05. The van der Waals surface area contributed by atoms with E-state index in [0.29, 0.717) is 17.1 Å². The van der Waals surface area contributed by atoms with Gasteiger partial charge in [-0.2, -0.15) is 0 Å². The molecule has 0 saturated carbocycles. The van der Waals surface area contributed by atoms with Crippen LogP contribution in [0.5, 0.6) is 11.5 Å². The van der Waals surface area contributed by atoms with E-state index in [0.717, 1.165) is 0 Å². The van der Waals surface area contributed by atoms with Crippen molar-refractivity contribution < 1.29 is 14.4 Å². The Morgan fingerprint density at radius 2 is 1.95 bits per heavy atom. The minimum atomic E-state index is -0.510. The minimum absolute atomic E-state index is 0.114. The normalized spacial score (nSPS) is 10.1. The van der Waals surface area contributed by atoms with Crippen LogP contribution in [0.2, 0.25) is 0 Å². The molecular formula is C14H14N2O4. The van der Waals surface area contributed by atoms with Crippen LogP contribution in [0.15, 0.2) is 42.5 Å². The Labute approximate surface area is 115 Å². The molecule has 20 heavy (non-hydrogen) atoms. The molecule has 0 spiro atoms. The number of anilines is 1. The highest BCUT2D eigenvalue weighted by molar-refractivity contribution is 5.59. The fraction of sp³-hybridized carbons (Fsp3) is 0.143. The van der Waals surface area contributed by atoms with E-state index in [9.17, 15) is 10.1 Å². The van der Waals surface area contributed by atoms with E-state index in [4.69, 9.17) is 15.2 Å². The molecule has 2 aromatic rings. The minimum Gasteiger partial charge on any atom is -0.497 e. The number of benzene rings is 2. The molecule has 0 aliphatic heterocycles. The SMILES string of the molecule is COc1cccc(OCc2ccc(N)c([N+](=O)[O-])c2)c1. The first-order valence-electron chi connectivity index (χ1n) is 5.90. The van der Waals surface area contributed by atoms with Gasteiger partial charge in [-0.15, -0.1) is 0 Å². The van der Waals surface area contributed by atoms with Crippen molar-refractivity contribution in [1.82, 2.24) is 0 Å². The van der Waals surface area contributed by atoms with Gasteiger partial charge in [-0.05, 0) is 23.8 Å². The number of nitro benzene ring substituents is 1. The summed E-state index contributed by atoms with van der Waals surface area (Å²) >= 11 is 0. The van der Waals surface area contributed by atoms with Gasteiger partial charge in [0.25, 0.3) is 5.69 Å². The van der Waals surface area contributed by atoms with Crippen LogP contribution >= 0.6 is 0 Å². The summed E-state index contributed by atoms with van der Waals surface area (Å²) in [6.07, 6.45) is 0. The van der Waals surface area contributed by atoms with Crippen molar-refractivity contribution in [2.24, 2.45) is 0 Å². The van der Waals surface area contributed by atoms with Gasteiger partial charge in [-0.1, -0.05) is 12.1 Å². The van der Waals surface area contributed by atoms with Crippen molar-refractivity contribution in [2.75, 3.05) is 12.8 Å². The van der Waals surface area contributed by atoms with Crippen LogP contribution < -0.4 is 15.2 Å². The van der Waals surface area contributed by atoms with E-state index >= 15 is 0 Å². The summed E-state index contributed by atoms with van der Waals surface area (Å²) < 4.78 is 10.7. The molecule has 2 aromatic carbocycles. The number of rotatable bonds is 5. The number of nitro groups is 1. The number of ether oxygens (including phenoxy) is 2. The van der Waals surface area contributed by atoms with Gasteiger partial charge in [0, 0.05) is 12.1 Å². The second-order valence-electron chi connectivity index (χ2n) is 4.12. The highest BCUT2D eigenvalue weighted by Gasteiger charge is 2.12. The molecule has 0 bridgehead atoms. The Bertz CT molecular complexity index is 628. The lowest BCUT2D eigenvalue weighted by atomic mass is 10.2. The maximum atomic E-state index is 10.8. The van der Waals surface area contributed by atoms with Crippen molar-refractivity contribution in [2.45, 2.75) is 6.61 Å². The molecule has 0 aromatic heterocycles. The van der Waals surface area contributed by atoms with Gasteiger partial charge >= 0.3 is 0 Å². The van der Waals surface area contributed by atoms with E-state index in [1.165, 1.54) is 12.1 Å². The first-order chi connectivity index (χ1) is 9.60. The van der Waals surface area contributed by atoms with Crippen molar-refractivity contribution in [3.05, 3.63) is 58.1 Å². The third-order valence-corrected chi connectivity index (χ3v) is 2.74. The molecule has 0 heterocycles. The molecule has 104 valence electrons. The quantitative estimate of drug-likeness (QED) is 0.514. The molecule has 0 fully saturated rings. The van der Waals surface area contributed by atoms with Gasteiger partial charge in [0.15, 0.2) is 0 Å². The number of methoxy groups -OCH3 is 1. The maximum Gasteiger partial charge on any atom is 0.292 e. The molecule has 0 aliphatic rings. The third kappa shape index (κ3) is 3.17. The molecule has 0 unspecified atom stereocenters. The number of nitrogens with two attached hydrogens (primary N) is 1. The van der Waals surface area contributed by atoms with Gasteiger partial charge in [0.1, 0.15) is 23.8 Å². The van der Waals surface area contributed by atoms with Crippen molar-refractivity contribution in [3.63, 3.8) is 0 Å². The van der Waals surface area contributed by atoms with Crippen LogP contribution in [0.3, 0.4) is 0 Å². The van der Waals surface area contributed by atoms with E-state index in [2.05, 4.69) is 0 Å². The summed E-state index contributed by atoms with van der Waals surface area (Å²) in [5.74, 6) is 1.31. The van der Waals surface area contributed by atoms with Gasteiger partial charge in [-0.25, -0.2) is 0 Å². The highest BCUT2D eigenvalue weighted by Crippen LogP contribution is 2.24. The Morgan fingerprint density at radius 1 is 1.20 bits per heavy atom. The number of nitrogens with zero attached hydrogens (tertiary/aromatic N) is 1. The summed E-state index contributed by atoms with van der Waals surface area (Å²) in [5, 5.41) is 10.8. The topological polar surface area (TPSA) is 87.6 Å². The summed E-state index contributed by atoms with van der Waals surface area (Å²) in [5.41, 5.74) is 6.24. The zero-order valence-corrected chi connectivity index (χ0v) is 10.9. The molecular weight excluding hydrogens is 260 g/mol. The zero-order valence-electron chi connectivity index (χ0n) is 10.9. The lowest BCUT2D eigenvalue weighted by Gasteiger charge is -2.08. The average molecular weight is 274 g/mol. The molecule has 0 atom stereocenters. The van der Waals surface area contributed by atoms with E-state index in [1.54, 1.807) is 37.4 Å². The van der Waals surface area contributed by atoms with Crippen LogP contribution in [0.25, 0.3) is 0 Å². The summed E-state index contributed by atoms with van der Waals surface area (Å²) in [7, 11) is 1.57. The van der Waals surface area contributed by atoms with Crippen molar-refractivity contribution in [1.29, 1.82) is 0 Å². The predicted molar refractivity (Wildman–Crippen MR) is 74.8 cm³/mol.